The summed E-state index contributed by atoms with van der Waals surface area (Å²) in [5.41, 5.74) is 2.13. The molecule has 1 aliphatic rings. The van der Waals surface area contributed by atoms with Crippen LogP contribution in [0.3, 0.4) is 0 Å². The average Bonchev–Trinajstić information content (AvgIpc) is 2.93. The second-order valence-corrected chi connectivity index (χ2v) is 4.62. The minimum Gasteiger partial charge on any atom is -0.441 e. The van der Waals surface area contributed by atoms with Crippen molar-refractivity contribution in [3.63, 3.8) is 0 Å². The number of hydrogen-bond acceptors (Lipinski definition) is 6. The summed E-state index contributed by atoms with van der Waals surface area (Å²) in [6.45, 7) is 1.48. The van der Waals surface area contributed by atoms with Gasteiger partial charge in [-0.2, -0.15) is 0 Å². The molecule has 1 aromatic carbocycles. The molecule has 0 atom stereocenters. The number of imide groups is 1. The molecule has 2 aromatic rings. The van der Waals surface area contributed by atoms with Crippen LogP contribution in [0.4, 0.5) is 5.69 Å². The van der Waals surface area contributed by atoms with Gasteiger partial charge in [0, 0.05) is 18.7 Å². The maximum absolute atomic E-state index is 12.0. The quantitative estimate of drug-likeness (QED) is 0.807. The third-order valence-corrected chi connectivity index (χ3v) is 3.11. The average molecular weight is 287 g/mol. The van der Waals surface area contributed by atoms with E-state index in [2.05, 4.69) is 10.3 Å². The Morgan fingerprint density at radius 1 is 1.38 bits per heavy atom. The topological polar surface area (TPSA) is 95.7 Å². The van der Waals surface area contributed by atoms with Crippen LogP contribution in [0.15, 0.2) is 34.4 Å². The number of hydrogen-bond donors (Lipinski definition) is 2. The summed E-state index contributed by atoms with van der Waals surface area (Å²) in [5, 5.41) is 11.7. The zero-order chi connectivity index (χ0) is 15.0. The van der Waals surface area contributed by atoms with Gasteiger partial charge < -0.3 is 14.8 Å². The molecule has 0 aliphatic carbocycles. The molecule has 0 saturated carbocycles. The van der Waals surface area contributed by atoms with Crippen LogP contribution in [0.2, 0.25) is 0 Å². The van der Waals surface area contributed by atoms with Crippen molar-refractivity contribution in [2.24, 2.45) is 0 Å². The van der Waals surface area contributed by atoms with Crippen LogP contribution in [0.1, 0.15) is 5.89 Å². The highest BCUT2D eigenvalue weighted by molar-refractivity contribution is 6.17. The van der Waals surface area contributed by atoms with E-state index >= 15 is 0 Å². The van der Waals surface area contributed by atoms with E-state index in [1.54, 1.807) is 25.1 Å². The smallest absolute Gasteiger partial charge is 0.277 e. The summed E-state index contributed by atoms with van der Waals surface area (Å²) in [7, 11) is 0. The third-order valence-electron chi connectivity index (χ3n) is 3.11. The molecule has 2 heterocycles. The molecule has 0 saturated heterocycles. The van der Waals surface area contributed by atoms with Crippen LogP contribution in [0.25, 0.3) is 11.1 Å². The number of rotatable bonds is 4. The first-order valence-electron chi connectivity index (χ1n) is 6.41. The Morgan fingerprint density at radius 3 is 2.95 bits per heavy atom. The number of nitrogens with one attached hydrogen (secondary N) is 1. The number of aromatic nitrogens is 1. The van der Waals surface area contributed by atoms with Gasteiger partial charge in [-0.15, -0.1) is 0 Å². The molecule has 0 fully saturated rings. The Labute approximate surface area is 119 Å². The minimum absolute atomic E-state index is 0.0130. The number of carbonyl (C=O) groups is 2. The number of oxazole rings is 1. The highest BCUT2D eigenvalue weighted by atomic mass is 16.3. The summed E-state index contributed by atoms with van der Waals surface area (Å²) in [6.07, 6.45) is 1.22. The summed E-state index contributed by atoms with van der Waals surface area (Å²) in [6, 6.07) is 5.21. The van der Waals surface area contributed by atoms with Gasteiger partial charge in [-0.05, 0) is 18.2 Å². The molecule has 21 heavy (non-hydrogen) atoms. The minimum atomic E-state index is -0.453. The lowest BCUT2D eigenvalue weighted by atomic mass is 10.2. The van der Waals surface area contributed by atoms with Crippen LogP contribution in [-0.4, -0.2) is 40.0 Å². The van der Waals surface area contributed by atoms with E-state index in [9.17, 15) is 9.59 Å². The molecule has 108 valence electrons. The maximum Gasteiger partial charge on any atom is 0.277 e. The molecule has 2 N–H and O–H groups in total. The molecule has 0 spiro atoms. The predicted molar refractivity (Wildman–Crippen MR) is 74.3 cm³/mol. The normalized spacial score (nSPS) is 15.0. The largest absolute Gasteiger partial charge is 0.441 e. The zero-order valence-electron chi connectivity index (χ0n) is 11.3. The molecule has 0 unspecified atom stereocenters. The Balaban J connectivity index is 1.83. The number of amides is 2. The van der Waals surface area contributed by atoms with Crippen molar-refractivity contribution in [2.75, 3.05) is 18.5 Å². The van der Waals surface area contributed by atoms with Gasteiger partial charge in [0.05, 0.1) is 13.2 Å². The first-order chi connectivity index (χ1) is 10.1. The molecule has 1 aliphatic heterocycles. The number of anilines is 1. The molecule has 1 aromatic heterocycles. The van der Waals surface area contributed by atoms with E-state index in [4.69, 9.17) is 9.52 Å². The number of aliphatic hydroxyl groups is 1. The predicted octanol–water partition coefficient (Wildman–Crippen LogP) is 0.793. The van der Waals surface area contributed by atoms with Crippen molar-refractivity contribution in [1.82, 2.24) is 9.88 Å². The van der Waals surface area contributed by atoms with Crippen molar-refractivity contribution in [1.29, 1.82) is 0 Å². The number of nitrogens with zero attached hydrogens (tertiary/aromatic N) is 2. The van der Waals surface area contributed by atoms with Gasteiger partial charge in [0.25, 0.3) is 11.8 Å². The van der Waals surface area contributed by atoms with E-state index in [-0.39, 0.29) is 18.8 Å². The SMILES string of the molecule is Cc1nc2cc(NC3=CC(=O)N(CCO)C3=O)ccc2o1. The Morgan fingerprint density at radius 2 is 2.19 bits per heavy atom. The van der Waals surface area contributed by atoms with E-state index in [0.29, 0.717) is 22.7 Å². The van der Waals surface area contributed by atoms with E-state index < -0.39 is 11.8 Å². The summed E-state index contributed by atoms with van der Waals surface area (Å²) in [4.78, 5) is 28.8. The fourth-order valence-electron chi connectivity index (χ4n) is 2.19. The summed E-state index contributed by atoms with van der Waals surface area (Å²) < 4.78 is 5.37. The standard InChI is InChI=1S/C14H13N3O4/c1-8-15-10-6-9(2-3-12(10)21-8)16-11-7-13(19)17(4-5-18)14(11)20/h2-3,6-7,16,18H,4-5H2,1H3. The maximum atomic E-state index is 12.0. The summed E-state index contributed by atoms with van der Waals surface area (Å²) >= 11 is 0. The van der Waals surface area contributed by atoms with Crippen molar-refractivity contribution in [3.8, 4) is 0 Å². The molecule has 0 bridgehead atoms. The van der Waals surface area contributed by atoms with Gasteiger partial charge in [0.2, 0.25) is 0 Å². The molecular weight excluding hydrogens is 274 g/mol. The second-order valence-electron chi connectivity index (χ2n) is 4.62. The fourth-order valence-corrected chi connectivity index (χ4v) is 2.19. The molecule has 7 nitrogen and oxygen atoms in total. The second kappa shape index (κ2) is 5.02. The molecular formula is C14H13N3O4. The van der Waals surface area contributed by atoms with Crippen molar-refractivity contribution >= 4 is 28.6 Å². The van der Waals surface area contributed by atoms with Crippen molar-refractivity contribution in [3.05, 3.63) is 35.9 Å². The molecule has 2 amide bonds. The van der Waals surface area contributed by atoms with Crippen LogP contribution in [0, 0.1) is 6.92 Å². The number of carbonyl (C=O) groups excluding carboxylic acids is 2. The van der Waals surface area contributed by atoms with Gasteiger partial charge in [-0.25, -0.2) is 4.98 Å². The lowest BCUT2D eigenvalue weighted by molar-refractivity contribution is -0.137. The highest BCUT2D eigenvalue weighted by Crippen LogP contribution is 2.22. The molecule has 3 rings (SSSR count). The monoisotopic (exact) mass is 287 g/mol. The number of benzene rings is 1. The molecule has 7 heteroatoms. The van der Waals surface area contributed by atoms with Gasteiger partial charge >= 0.3 is 0 Å². The first kappa shape index (κ1) is 13.3. The Kier molecular flexibility index (Phi) is 3.19. The number of fused-ring (bicyclic) bond motifs is 1. The molecule has 0 radical (unpaired) electrons. The van der Waals surface area contributed by atoms with E-state index in [0.717, 1.165) is 4.90 Å². The first-order valence-corrected chi connectivity index (χ1v) is 6.41. The highest BCUT2D eigenvalue weighted by Gasteiger charge is 2.30. The number of aliphatic hydroxyl groups excluding tert-OH is 1. The number of β-amino-alcohol motifs (C(OH)–C–C–N with tert-alkyl or cyclic N) is 1. The van der Waals surface area contributed by atoms with Crippen LogP contribution >= 0.6 is 0 Å². The Hall–Kier alpha value is -2.67. The Bertz CT molecular complexity index is 763. The van der Waals surface area contributed by atoms with Crippen molar-refractivity contribution in [2.45, 2.75) is 6.92 Å². The van der Waals surface area contributed by atoms with Gasteiger partial charge in [-0.3, -0.25) is 14.5 Å². The van der Waals surface area contributed by atoms with Gasteiger partial charge in [0.1, 0.15) is 11.2 Å². The van der Waals surface area contributed by atoms with Crippen molar-refractivity contribution < 1.29 is 19.1 Å². The third kappa shape index (κ3) is 2.38. The van der Waals surface area contributed by atoms with Gasteiger partial charge in [0.15, 0.2) is 11.5 Å². The van der Waals surface area contributed by atoms with E-state index in [1.807, 2.05) is 0 Å². The summed E-state index contributed by atoms with van der Waals surface area (Å²) in [5.74, 6) is -0.331. The van der Waals surface area contributed by atoms with Crippen LogP contribution < -0.4 is 5.32 Å². The van der Waals surface area contributed by atoms with E-state index in [1.165, 1.54) is 6.08 Å². The fraction of sp³-hybridized carbons (Fsp3) is 0.214. The zero-order valence-corrected chi connectivity index (χ0v) is 11.3. The lowest BCUT2D eigenvalue weighted by Gasteiger charge is -2.13. The lowest BCUT2D eigenvalue weighted by Crippen LogP contribution is -2.34. The number of aryl methyl sites for hydroxylation is 1. The van der Waals surface area contributed by atoms with Gasteiger partial charge in [-0.1, -0.05) is 0 Å². The van der Waals surface area contributed by atoms with Crippen LogP contribution in [-0.2, 0) is 9.59 Å². The van der Waals surface area contributed by atoms with Crippen LogP contribution in [0.5, 0.6) is 0 Å².